The van der Waals surface area contributed by atoms with Crippen LogP contribution in [0.1, 0.15) is 44.9 Å². The van der Waals surface area contributed by atoms with E-state index in [2.05, 4.69) is 51.2 Å². The van der Waals surface area contributed by atoms with E-state index >= 15 is 0 Å². The first-order valence-electron chi connectivity index (χ1n) is 6.59. The molecule has 2 rings (SSSR count). The molecule has 1 N–H and O–H groups in total. The maximum absolute atomic E-state index is 5.53. The predicted molar refractivity (Wildman–Crippen MR) is 71.5 cm³/mol. The fraction of sp³-hybridized carbons (Fsp3) is 0.600. The Morgan fingerprint density at radius 1 is 1.18 bits per heavy atom. The molecule has 1 aliphatic rings. The molecule has 1 aromatic rings. The fourth-order valence-corrected chi connectivity index (χ4v) is 2.16. The zero-order valence-electron chi connectivity index (χ0n) is 11.3. The van der Waals surface area contributed by atoms with Crippen molar-refractivity contribution < 1.29 is 4.74 Å². The lowest BCUT2D eigenvalue weighted by Gasteiger charge is -2.23. The van der Waals surface area contributed by atoms with Crippen molar-refractivity contribution >= 4 is 0 Å². The Hall–Kier alpha value is -1.02. The van der Waals surface area contributed by atoms with Crippen LogP contribution < -0.4 is 10.1 Å². The number of hydrogen-bond donors (Lipinski definition) is 1. The lowest BCUT2D eigenvalue weighted by atomic mass is 10.0. The van der Waals surface area contributed by atoms with Gasteiger partial charge in [-0.15, -0.1) is 0 Å². The van der Waals surface area contributed by atoms with E-state index in [0.717, 1.165) is 18.8 Å². The van der Waals surface area contributed by atoms with E-state index in [9.17, 15) is 0 Å². The molecule has 0 amide bonds. The van der Waals surface area contributed by atoms with Gasteiger partial charge in [-0.2, -0.15) is 0 Å². The van der Waals surface area contributed by atoms with Crippen molar-refractivity contribution in [2.45, 2.75) is 46.2 Å². The largest absolute Gasteiger partial charge is 0.493 e. The van der Waals surface area contributed by atoms with Gasteiger partial charge in [0.1, 0.15) is 5.75 Å². The second kappa shape index (κ2) is 5.09. The van der Waals surface area contributed by atoms with Gasteiger partial charge in [0.25, 0.3) is 0 Å². The lowest BCUT2D eigenvalue weighted by molar-refractivity contribution is 0.356. The molecule has 2 atom stereocenters. The maximum atomic E-state index is 5.53. The number of benzene rings is 1. The molecule has 2 heteroatoms. The van der Waals surface area contributed by atoms with E-state index in [1.54, 1.807) is 0 Å². The monoisotopic (exact) mass is 233 g/mol. The Bertz CT molecular complexity index is 387. The molecule has 2 unspecified atom stereocenters. The molecular formula is C15H23NO. The van der Waals surface area contributed by atoms with Crippen molar-refractivity contribution in [1.29, 1.82) is 0 Å². The molecule has 0 saturated heterocycles. The molecule has 0 saturated carbocycles. The van der Waals surface area contributed by atoms with Crippen LogP contribution in [-0.4, -0.2) is 12.6 Å². The molecule has 1 aliphatic heterocycles. The highest BCUT2D eigenvalue weighted by Crippen LogP contribution is 2.28. The van der Waals surface area contributed by atoms with E-state index in [0.29, 0.717) is 18.0 Å². The van der Waals surface area contributed by atoms with E-state index in [4.69, 9.17) is 4.74 Å². The molecule has 2 nitrogen and oxygen atoms in total. The summed E-state index contributed by atoms with van der Waals surface area (Å²) < 4.78 is 5.53. The summed E-state index contributed by atoms with van der Waals surface area (Å²) in [6.07, 6.45) is 1.05. The first kappa shape index (κ1) is 12.4. The number of nitrogens with one attached hydrogen (secondary N) is 1. The fourth-order valence-electron chi connectivity index (χ4n) is 2.16. The number of rotatable bonds is 4. The molecule has 1 heterocycles. The molecule has 1 aromatic carbocycles. The number of fused-ring (bicyclic) bond motifs is 1. The van der Waals surface area contributed by atoms with Crippen LogP contribution in [-0.2, 0) is 6.42 Å². The van der Waals surface area contributed by atoms with Crippen molar-refractivity contribution in [1.82, 2.24) is 5.32 Å². The van der Waals surface area contributed by atoms with Gasteiger partial charge in [-0.3, -0.25) is 0 Å². The van der Waals surface area contributed by atoms with Gasteiger partial charge >= 0.3 is 0 Å². The van der Waals surface area contributed by atoms with Gasteiger partial charge in [-0.1, -0.05) is 26.0 Å². The molecule has 94 valence electrons. The predicted octanol–water partition coefficient (Wildman–Crippen LogP) is 3.32. The second-order valence-corrected chi connectivity index (χ2v) is 5.39. The average Bonchev–Trinajstić information content (AvgIpc) is 2.75. The molecule has 17 heavy (non-hydrogen) atoms. The van der Waals surface area contributed by atoms with Crippen molar-refractivity contribution in [2.24, 2.45) is 5.92 Å². The molecule has 0 bridgehead atoms. The Labute approximate surface area is 104 Å². The highest BCUT2D eigenvalue weighted by atomic mass is 16.5. The van der Waals surface area contributed by atoms with E-state index in [1.807, 2.05) is 0 Å². The summed E-state index contributed by atoms with van der Waals surface area (Å²) in [5.41, 5.74) is 2.72. The van der Waals surface area contributed by atoms with Crippen molar-refractivity contribution in [3.8, 4) is 5.75 Å². The first-order chi connectivity index (χ1) is 8.08. The van der Waals surface area contributed by atoms with Gasteiger partial charge in [0.05, 0.1) is 6.61 Å². The maximum Gasteiger partial charge on any atom is 0.122 e. The summed E-state index contributed by atoms with van der Waals surface area (Å²) in [7, 11) is 0. The van der Waals surface area contributed by atoms with Crippen LogP contribution in [0.4, 0.5) is 0 Å². The summed E-state index contributed by atoms with van der Waals surface area (Å²) in [6, 6.07) is 7.51. The van der Waals surface area contributed by atoms with Crippen LogP contribution in [0.5, 0.6) is 5.75 Å². The Balaban J connectivity index is 2.07. The second-order valence-electron chi connectivity index (χ2n) is 5.39. The van der Waals surface area contributed by atoms with Crippen LogP contribution in [0.3, 0.4) is 0 Å². The molecular weight excluding hydrogens is 210 g/mol. The summed E-state index contributed by atoms with van der Waals surface area (Å²) in [5.74, 6) is 1.73. The summed E-state index contributed by atoms with van der Waals surface area (Å²) >= 11 is 0. The van der Waals surface area contributed by atoms with Gasteiger partial charge < -0.3 is 10.1 Å². The lowest BCUT2D eigenvalue weighted by Crippen LogP contribution is -2.33. The Kier molecular flexibility index (Phi) is 3.72. The van der Waals surface area contributed by atoms with Crippen molar-refractivity contribution in [3.63, 3.8) is 0 Å². The quantitative estimate of drug-likeness (QED) is 0.861. The van der Waals surface area contributed by atoms with Crippen LogP contribution in [0.15, 0.2) is 18.2 Å². The van der Waals surface area contributed by atoms with Gasteiger partial charge in [0.15, 0.2) is 0 Å². The molecule has 0 radical (unpaired) electrons. The normalized spacial score (nSPS) is 17.7. The SMILES string of the molecule is CC(NC(C)C(C)C)c1ccc2c(c1)CCO2. The van der Waals surface area contributed by atoms with Gasteiger partial charge in [0.2, 0.25) is 0 Å². The summed E-state index contributed by atoms with van der Waals surface area (Å²) in [4.78, 5) is 0. The smallest absolute Gasteiger partial charge is 0.122 e. The van der Waals surface area contributed by atoms with Gasteiger partial charge in [0, 0.05) is 18.5 Å². The average molecular weight is 233 g/mol. The molecule has 0 aliphatic carbocycles. The third kappa shape index (κ3) is 2.81. The third-order valence-electron chi connectivity index (χ3n) is 3.73. The van der Waals surface area contributed by atoms with Gasteiger partial charge in [-0.05, 0) is 37.0 Å². The zero-order chi connectivity index (χ0) is 12.4. The topological polar surface area (TPSA) is 21.3 Å². The van der Waals surface area contributed by atoms with Crippen LogP contribution >= 0.6 is 0 Å². The van der Waals surface area contributed by atoms with Crippen LogP contribution in [0, 0.1) is 5.92 Å². The molecule has 0 fully saturated rings. The highest BCUT2D eigenvalue weighted by Gasteiger charge is 2.16. The summed E-state index contributed by atoms with van der Waals surface area (Å²) in [6.45, 7) is 9.82. The third-order valence-corrected chi connectivity index (χ3v) is 3.73. The van der Waals surface area contributed by atoms with Crippen LogP contribution in [0.2, 0.25) is 0 Å². The Morgan fingerprint density at radius 3 is 2.65 bits per heavy atom. The van der Waals surface area contributed by atoms with Crippen molar-refractivity contribution in [3.05, 3.63) is 29.3 Å². The first-order valence-corrected chi connectivity index (χ1v) is 6.59. The summed E-state index contributed by atoms with van der Waals surface area (Å²) in [5, 5.41) is 3.65. The van der Waals surface area contributed by atoms with Crippen molar-refractivity contribution in [2.75, 3.05) is 6.61 Å². The van der Waals surface area contributed by atoms with E-state index < -0.39 is 0 Å². The highest BCUT2D eigenvalue weighted by molar-refractivity contribution is 5.40. The minimum absolute atomic E-state index is 0.401. The molecule has 0 spiro atoms. The number of hydrogen-bond acceptors (Lipinski definition) is 2. The Morgan fingerprint density at radius 2 is 1.94 bits per heavy atom. The minimum Gasteiger partial charge on any atom is -0.493 e. The zero-order valence-corrected chi connectivity index (χ0v) is 11.3. The van der Waals surface area contributed by atoms with Gasteiger partial charge in [-0.25, -0.2) is 0 Å². The van der Waals surface area contributed by atoms with E-state index in [-0.39, 0.29) is 0 Å². The standard InChI is InChI=1S/C15H23NO/c1-10(2)11(3)16-12(4)13-5-6-15-14(9-13)7-8-17-15/h5-6,9-12,16H,7-8H2,1-4H3. The number of ether oxygens (including phenoxy) is 1. The molecule has 0 aromatic heterocycles. The van der Waals surface area contributed by atoms with E-state index in [1.165, 1.54) is 11.1 Å². The minimum atomic E-state index is 0.401. The van der Waals surface area contributed by atoms with Crippen LogP contribution in [0.25, 0.3) is 0 Å².